The number of carbonyl (C=O) groups is 1. The summed E-state index contributed by atoms with van der Waals surface area (Å²) in [6, 6.07) is 17.4. The summed E-state index contributed by atoms with van der Waals surface area (Å²) in [7, 11) is 0. The number of aryl methyl sites for hydroxylation is 1. The summed E-state index contributed by atoms with van der Waals surface area (Å²) in [5, 5.41) is 2.86. The molecule has 0 fully saturated rings. The van der Waals surface area contributed by atoms with Gasteiger partial charge in [-0.15, -0.1) is 0 Å². The highest BCUT2D eigenvalue weighted by Gasteiger charge is 2.09. The quantitative estimate of drug-likeness (QED) is 0.546. The maximum absolute atomic E-state index is 12.2. The van der Waals surface area contributed by atoms with Crippen molar-refractivity contribution in [3.8, 4) is 5.75 Å². The van der Waals surface area contributed by atoms with Crippen LogP contribution in [0.1, 0.15) is 28.8 Å². The average molecular weight is 393 g/mol. The summed E-state index contributed by atoms with van der Waals surface area (Å²) in [6.07, 6.45) is 0.418. The van der Waals surface area contributed by atoms with Crippen LogP contribution in [0.4, 0.5) is 0 Å². The molecule has 150 valence electrons. The fourth-order valence-corrected chi connectivity index (χ4v) is 2.97. The van der Waals surface area contributed by atoms with Crippen LogP contribution in [0.15, 0.2) is 64.2 Å². The van der Waals surface area contributed by atoms with Gasteiger partial charge in [0.1, 0.15) is 12.4 Å². The van der Waals surface area contributed by atoms with E-state index in [9.17, 15) is 14.4 Å². The second-order valence-corrected chi connectivity index (χ2v) is 6.71. The van der Waals surface area contributed by atoms with E-state index in [1.54, 1.807) is 6.92 Å². The van der Waals surface area contributed by atoms with E-state index < -0.39 is 11.2 Å². The molecule has 3 aromatic rings. The van der Waals surface area contributed by atoms with E-state index in [1.165, 1.54) is 0 Å². The van der Waals surface area contributed by atoms with Crippen molar-refractivity contribution in [1.82, 2.24) is 15.3 Å². The molecule has 0 atom stereocenters. The number of benzene rings is 2. The number of amides is 1. The van der Waals surface area contributed by atoms with Crippen molar-refractivity contribution in [2.75, 3.05) is 0 Å². The Kier molecular flexibility index (Phi) is 6.63. The molecule has 0 saturated heterocycles. The van der Waals surface area contributed by atoms with E-state index in [0.29, 0.717) is 24.4 Å². The number of rotatable bonds is 8. The highest BCUT2D eigenvalue weighted by atomic mass is 16.5. The molecule has 0 bridgehead atoms. The van der Waals surface area contributed by atoms with Crippen molar-refractivity contribution in [3.05, 3.63) is 97.8 Å². The number of hydrogen-bond donors (Lipinski definition) is 3. The maximum Gasteiger partial charge on any atom is 0.325 e. The zero-order valence-corrected chi connectivity index (χ0v) is 16.2. The molecule has 0 saturated carbocycles. The molecular weight excluding hydrogens is 370 g/mol. The first kappa shape index (κ1) is 20.1. The summed E-state index contributed by atoms with van der Waals surface area (Å²) in [5.41, 5.74) is 1.88. The lowest BCUT2D eigenvalue weighted by molar-refractivity contribution is -0.121. The van der Waals surface area contributed by atoms with Crippen LogP contribution < -0.4 is 21.3 Å². The number of H-pyrrole nitrogens is 2. The first-order chi connectivity index (χ1) is 14.0. The summed E-state index contributed by atoms with van der Waals surface area (Å²) >= 11 is 0. The molecule has 0 unspecified atom stereocenters. The second kappa shape index (κ2) is 9.54. The molecule has 2 aromatic carbocycles. The van der Waals surface area contributed by atoms with Gasteiger partial charge in [-0.25, -0.2) is 4.79 Å². The molecule has 3 N–H and O–H groups in total. The summed E-state index contributed by atoms with van der Waals surface area (Å²) in [5.74, 6) is 0.639. The number of para-hydroxylation sites is 1. The van der Waals surface area contributed by atoms with Crippen LogP contribution in [0.3, 0.4) is 0 Å². The third kappa shape index (κ3) is 5.93. The van der Waals surface area contributed by atoms with Crippen molar-refractivity contribution >= 4 is 5.91 Å². The van der Waals surface area contributed by atoms with E-state index in [1.807, 2.05) is 54.6 Å². The standard InChI is InChI=1S/C22H23N3O4/c1-15-19(21(27)25-22(28)24-15)10-11-20(26)23-13-16-6-5-7-17(12-16)14-29-18-8-3-2-4-9-18/h2-9,12H,10-11,13-14H2,1H3,(H,23,26)(H2,24,25,27,28). The van der Waals surface area contributed by atoms with Gasteiger partial charge in [0.05, 0.1) is 0 Å². The zero-order chi connectivity index (χ0) is 20.6. The summed E-state index contributed by atoms with van der Waals surface area (Å²) in [6.45, 7) is 2.48. The molecule has 1 aromatic heterocycles. The van der Waals surface area contributed by atoms with Gasteiger partial charge in [-0.05, 0) is 36.6 Å². The average Bonchev–Trinajstić information content (AvgIpc) is 2.71. The molecular formula is C22H23N3O4. The van der Waals surface area contributed by atoms with Crippen molar-refractivity contribution in [2.24, 2.45) is 0 Å². The Hall–Kier alpha value is -3.61. The molecule has 0 aliphatic rings. The lowest BCUT2D eigenvalue weighted by atomic mass is 10.1. The van der Waals surface area contributed by atoms with E-state index in [4.69, 9.17) is 4.74 Å². The molecule has 1 heterocycles. The van der Waals surface area contributed by atoms with Gasteiger partial charge in [-0.1, -0.05) is 42.5 Å². The number of ether oxygens (including phenoxy) is 1. The van der Waals surface area contributed by atoms with Gasteiger partial charge < -0.3 is 15.0 Å². The van der Waals surface area contributed by atoms with Crippen LogP contribution >= 0.6 is 0 Å². The van der Waals surface area contributed by atoms with Crippen LogP contribution in [-0.2, 0) is 24.4 Å². The van der Waals surface area contributed by atoms with Crippen molar-refractivity contribution < 1.29 is 9.53 Å². The van der Waals surface area contributed by atoms with E-state index in [0.717, 1.165) is 16.9 Å². The van der Waals surface area contributed by atoms with Gasteiger partial charge in [0.2, 0.25) is 5.91 Å². The molecule has 0 aliphatic heterocycles. The first-order valence-corrected chi connectivity index (χ1v) is 9.35. The smallest absolute Gasteiger partial charge is 0.325 e. The molecule has 0 spiro atoms. The van der Waals surface area contributed by atoms with Crippen LogP contribution in [0.2, 0.25) is 0 Å². The minimum Gasteiger partial charge on any atom is -0.489 e. The molecule has 0 aliphatic carbocycles. The molecule has 1 amide bonds. The predicted molar refractivity (Wildman–Crippen MR) is 110 cm³/mol. The summed E-state index contributed by atoms with van der Waals surface area (Å²) < 4.78 is 5.75. The molecule has 29 heavy (non-hydrogen) atoms. The van der Waals surface area contributed by atoms with Gasteiger partial charge in [-0.2, -0.15) is 0 Å². The fraction of sp³-hybridized carbons (Fsp3) is 0.227. The predicted octanol–water partition coefficient (Wildman–Crippen LogP) is 2.20. The minimum atomic E-state index is -0.545. The lowest BCUT2D eigenvalue weighted by Gasteiger charge is -2.09. The number of carbonyl (C=O) groups excluding carboxylic acids is 1. The number of nitrogens with one attached hydrogen (secondary N) is 3. The Morgan fingerprint density at radius 2 is 1.76 bits per heavy atom. The first-order valence-electron chi connectivity index (χ1n) is 9.35. The molecule has 3 rings (SSSR count). The largest absolute Gasteiger partial charge is 0.489 e. The molecule has 0 radical (unpaired) electrons. The van der Waals surface area contributed by atoms with Crippen molar-refractivity contribution in [3.63, 3.8) is 0 Å². The van der Waals surface area contributed by atoms with Crippen molar-refractivity contribution in [2.45, 2.75) is 32.9 Å². The third-order valence-electron chi connectivity index (χ3n) is 4.49. The Bertz CT molecular complexity index is 1090. The Labute approximate surface area is 167 Å². The monoisotopic (exact) mass is 393 g/mol. The Morgan fingerprint density at radius 3 is 2.52 bits per heavy atom. The fourth-order valence-electron chi connectivity index (χ4n) is 2.97. The zero-order valence-electron chi connectivity index (χ0n) is 16.2. The van der Waals surface area contributed by atoms with Gasteiger partial charge in [0.15, 0.2) is 0 Å². The Balaban J connectivity index is 1.50. The number of aromatic nitrogens is 2. The normalized spacial score (nSPS) is 10.5. The highest BCUT2D eigenvalue weighted by Crippen LogP contribution is 2.13. The lowest BCUT2D eigenvalue weighted by Crippen LogP contribution is -2.29. The van der Waals surface area contributed by atoms with E-state index >= 15 is 0 Å². The van der Waals surface area contributed by atoms with Crippen molar-refractivity contribution in [1.29, 1.82) is 0 Å². The van der Waals surface area contributed by atoms with Crippen LogP contribution in [0.5, 0.6) is 5.75 Å². The van der Waals surface area contributed by atoms with E-state index in [-0.39, 0.29) is 18.7 Å². The van der Waals surface area contributed by atoms with Crippen LogP contribution in [0.25, 0.3) is 0 Å². The van der Waals surface area contributed by atoms with Gasteiger partial charge in [-0.3, -0.25) is 14.6 Å². The molecule has 7 heteroatoms. The van der Waals surface area contributed by atoms with Crippen LogP contribution in [-0.4, -0.2) is 15.9 Å². The van der Waals surface area contributed by atoms with E-state index in [2.05, 4.69) is 15.3 Å². The Morgan fingerprint density at radius 1 is 1.00 bits per heavy atom. The minimum absolute atomic E-state index is 0.159. The molecule has 7 nitrogen and oxygen atoms in total. The summed E-state index contributed by atoms with van der Waals surface area (Å²) in [4.78, 5) is 39.9. The maximum atomic E-state index is 12.2. The van der Waals surface area contributed by atoms with Gasteiger partial charge in [0.25, 0.3) is 5.56 Å². The highest BCUT2D eigenvalue weighted by molar-refractivity contribution is 5.76. The number of aromatic amines is 2. The second-order valence-electron chi connectivity index (χ2n) is 6.71. The van der Waals surface area contributed by atoms with Crippen LogP contribution in [0, 0.1) is 6.92 Å². The third-order valence-corrected chi connectivity index (χ3v) is 4.49. The topological polar surface area (TPSA) is 104 Å². The van der Waals surface area contributed by atoms with Gasteiger partial charge in [0, 0.05) is 24.2 Å². The SMILES string of the molecule is Cc1[nH]c(=O)[nH]c(=O)c1CCC(=O)NCc1cccc(COc2ccccc2)c1. The van der Waals surface area contributed by atoms with Gasteiger partial charge >= 0.3 is 5.69 Å². The number of hydrogen-bond acceptors (Lipinski definition) is 4.